The van der Waals surface area contributed by atoms with E-state index in [-0.39, 0.29) is 12.2 Å². The molecular formula is C13H13N3O2. The molecule has 1 aromatic carbocycles. The smallest absolute Gasteiger partial charge is 0.255 e. The fourth-order valence-corrected chi connectivity index (χ4v) is 2.11. The van der Waals surface area contributed by atoms with Gasteiger partial charge in [-0.25, -0.2) is 4.98 Å². The predicted molar refractivity (Wildman–Crippen MR) is 68.7 cm³/mol. The molecule has 0 radical (unpaired) electrons. The Balaban J connectivity index is 2.25. The summed E-state index contributed by atoms with van der Waals surface area (Å²) in [6.07, 6.45) is 2.95. The number of aryl methyl sites for hydroxylation is 1. The first kappa shape index (κ1) is 11.0. The number of para-hydroxylation sites is 2. The number of aromatic amines is 1. The van der Waals surface area contributed by atoms with E-state index in [1.165, 1.54) is 0 Å². The first-order valence-electron chi connectivity index (χ1n) is 5.89. The Labute approximate surface area is 103 Å². The average molecular weight is 243 g/mol. The van der Waals surface area contributed by atoms with Crippen LogP contribution in [0.3, 0.4) is 0 Å². The van der Waals surface area contributed by atoms with E-state index in [1.54, 1.807) is 6.20 Å². The van der Waals surface area contributed by atoms with Crippen LogP contribution in [0, 0.1) is 0 Å². The number of nitrogens with zero attached hydrogens (tertiary/aromatic N) is 2. The van der Waals surface area contributed by atoms with Crippen molar-refractivity contribution < 1.29 is 5.11 Å². The number of H-pyrrole nitrogens is 1. The van der Waals surface area contributed by atoms with Crippen molar-refractivity contribution in [3.05, 3.63) is 46.4 Å². The minimum atomic E-state index is -0.133. The van der Waals surface area contributed by atoms with E-state index in [0.717, 1.165) is 11.0 Å². The molecule has 92 valence electrons. The lowest BCUT2D eigenvalue weighted by Crippen LogP contribution is -2.15. The van der Waals surface area contributed by atoms with Gasteiger partial charge in [0.15, 0.2) is 0 Å². The van der Waals surface area contributed by atoms with Crippen LogP contribution in [-0.2, 0) is 6.42 Å². The van der Waals surface area contributed by atoms with Crippen LogP contribution in [-0.4, -0.2) is 26.1 Å². The Morgan fingerprint density at radius 1 is 1.33 bits per heavy atom. The van der Waals surface area contributed by atoms with E-state index >= 15 is 0 Å². The molecule has 2 heterocycles. The maximum absolute atomic E-state index is 11.8. The van der Waals surface area contributed by atoms with Gasteiger partial charge in [-0.3, -0.25) is 14.2 Å². The second-order valence-corrected chi connectivity index (χ2v) is 4.23. The van der Waals surface area contributed by atoms with Gasteiger partial charge in [0.1, 0.15) is 0 Å². The summed E-state index contributed by atoms with van der Waals surface area (Å²) in [6.45, 7) is 0.0855. The molecule has 5 nitrogen and oxygen atoms in total. The molecule has 0 saturated carbocycles. The summed E-state index contributed by atoms with van der Waals surface area (Å²) in [7, 11) is 0. The van der Waals surface area contributed by atoms with E-state index in [4.69, 9.17) is 5.11 Å². The zero-order valence-electron chi connectivity index (χ0n) is 9.76. The third-order valence-corrected chi connectivity index (χ3v) is 3.00. The largest absolute Gasteiger partial charge is 0.396 e. The second-order valence-electron chi connectivity index (χ2n) is 4.23. The molecular weight excluding hydrogens is 230 g/mol. The third-order valence-electron chi connectivity index (χ3n) is 3.00. The summed E-state index contributed by atoms with van der Waals surface area (Å²) >= 11 is 0. The molecule has 18 heavy (non-hydrogen) atoms. The Bertz CT molecular complexity index is 758. The zero-order chi connectivity index (χ0) is 12.5. The number of fused-ring (bicyclic) bond motifs is 3. The molecule has 0 atom stereocenters. The van der Waals surface area contributed by atoms with E-state index in [1.807, 2.05) is 28.7 Å². The van der Waals surface area contributed by atoms with Gasteiger partial charge >= 0.3 is 0 Å². The van der Waals surface area contributed by atoms with E-state index in [0.29, 0.717) is 24.2 Å². The first-order valence-corrected chi connectivity index (χ1v) is 5.89. The van der Waals surface area contributed by atoms with E-state index < -0.39 is 0 Å². The fourth-order valence-electron chi connectivity index (χ4n) is 2.11. The average Bonchev–Trinajstić information content (AvgIpc) is 2.73. The number of benzene rings is 1. The highest BCUT2D eigenvalue weighted by atomic mass is 16.2. The number of aromatic nitrogens is 3. The Kier molecular flexibility index (Phi) is 2.60. The molecule has 0 saturated heterocycles. The zero-order valence-corrected chi connectivity index (χ0v) is 9.76. The van der Waals surface area contributed by atoms with Crippen molar-refractivity contribution in [2.75, 3.05) is 6.61 Å². The van der Waals surface area contributed by atoms with Gasteiger partial charge in [-0.1, -0.05) is 12.1 Å². The predicted octanol–water partition coefficient (Wildman–Crippen LogP) is 1.10. The summed E-state index contributed by atoms with van der Waals surface area (Å²) < 4.78 is 1.88. The van der Waals surface area contributed by atoms with Crippen LogP contribution < -0.4 is 5.56 Å². The fraction of sp³-hybridized carbons (Fsp3) is 0.231. The highest BCUT2D eigenvalue weighted by molar-refractivity contribution is 5.79. The van der Waals surface area contributed by atoms with Crippen molar-refractivity contribution in [1.82, 2.24) is 14.4 Å². The SMILES string of the molecule is O=c1[nH]c2nc3ccccc3n2cc1CCCO. The number of imidazole rings is 1. The number of hydrogen-bond donors (Lipinski definition) is 2. The van der Waals surface area contributed by atoms with Crippen LogP contribution >= 0.6 is 0 Å². The lowest BCUT2D eigenvalue weighted by molar-refractivity contribution is 0.288. The maximum atomic E-state index is 11.8. The highest BCUT2D eigenvalue weighted by Crippen LogP contribution is 2.14. The van der Waals surface area contributed by atoms with E-state index in [2.05, 4.69) is 9.97 Å². The van der Waals surface area contributed by atoms with Gasteiger partial charge in [0.05, 0.1) is 11.0 Å². The molecule has 0 aliphatic heterocycles. The maximum Gasteiger partial charge on any atom is 0.255 e. The normalized spacial score (nSPS) is 11.4. The van der Waals surface area contributed by atoms with Gasteiger partial charge in [-0.15, -0.1) is 0 Å². The van der Waals surface area contributed by atoms with Crippen LogP contribution in [0.2, 0.25) is 0 Å². The number of rotatable bonds is 3. The number of aliphatic hydroxyl groups excluding tert-OH is 1. The lowest BCUT2D eigenvalue weighted by atomic mass is 10.2. The van der Waals surface area contributed by atoms with Crippen molar-refractivity contribution in [1.29, 1.82) is 0 Å². The van der Waals surface area contributed by atoms with Gasteiger partial charge in [-0.2, -0.15) is 0 Å². The Hall–Kier alpha value is -2.14. The molecule has 5 heteroatoms. The van der Waals surface area contributed by atoms with E-state index in [9.17, 15) is 4.79 Å². The first-order chi connectivity index (χ1) is 8.79. The molecule has 3 aromatic rings. The summed E-state index contributed by atoms with van der Waals surface area (Å²) in [5, 5.41) is 8.83. The van der Waals surface area contributed by atoms with Crippen LogP contribution in [0.15, 0.2) is 35.3 Å². The summed E-state index contributed by atoms with van der Waals surface area (Å²) in [6, 6.07) is 7.73. The van der Waals surface area contributed by atoms with Crippen LogP contribution in [0.5, 0.6) is 0 Å². The molecule has 2 aromatic heterocycles. The van der Waals surface area contributed by atoms with Crippen molar-refractivity contribution in [2.24, 2.45) is 0 Å². The number of nitrogens with one attached hydrogen (secondary N) is 1. The molecule has 0 unspecified atom stereocenters. The van der Waals surface area contributed by atoms with Gasteiger partial charge < -0.3 is 5.11 Å². The second kappa shape index (κ2) is 4.27. The minimum absolute atomic E-state index is 0.0855. The molecule has 3 rings (SSSR count). The number of hydrogen-bond acceptors (Lipinski definition) is 3. The van der Waals surface area contributed by atoms with Crippen LogP contribution in [0.25, 0.3) is 16.8 Å². The standard InChI is InChI=1S/C13H13N3O2/c17-7-3-4-9-8-16-11-6-2-1-5-10(11)14-13(16)15-12(9)18/h1-2,5-6,8,17H,3-4,7H2,(H,14,15,18). The van der Waals surface area contributed by atoms with Crippen molar-refractivity contribution in [3.63, 3.8) is 0 Å². The van der Waals surface area contributed by atoms with Crippen molar-refractivity contribution in [3.8, 4) is 0 Å². The molecule has 0 aliphatic carbocycles. The summed E-state index contributed by atoms with van der Waals surface area (Å²) in [4.78, 5) is 19.0. The monoisotopic (exact) mass is 243 g/mol. The Morgan fingerprint density at radius 2 is 2.17 bits per heavy atom. The Morgan fingerprint density at radius 3 is 3.00 bits per heavy atom. The van der Waals surface area contributed by atoms with Gasteiger partial charge in [0.25, 0.3) is 5.56 Å². The molecule has 0 aliphatic rings. The summed E-state index contributed by atoms with van der Waals surface area (Å²) in [5.41, 5.74) is 2.35. The highest BCUT2D eigenvalue weighted by Gasteiger charge is 2.07. The van der Waals surface area contributed by atoms with Gasteiger partial charge in [0, 0.05) is 18.4 Å². The minimum Gasteiger partial charge on any atom is -0.396 e. The molecule has 0 amide bonds. The van der Waals surface area contributed by atoms with Crippen LogP contribution in [0.4, 0.5) is 0 Å². The third kappa shape index (κ3) is 1.69. The quantitative estimate of drug-likeness (QED) is 0.723. The summed E-state index contributed by atoms with van der Waals surface area (Å²) in [5.74, 6) is 0.550. The van der Waals surface area contributed by atoms with Crippen molar-refractivity contribution >= 4 is 16.8 Å². The van der Waals surface area contributed by atoms with Crippen molar-refractivity contribution in [2.45, 2.75) is 12.8 Å². The molecule has 0 fully saturated rings. The molecule has 0 spiro atoms. The number of aliphatic hydroxyl groups is 1. The van der Waals surface area contributed by atoms with Crippen LogP contribution in [0.1, 0.15) is 12.0 Å². The molecule has 2 N–H and O–H groups in total. The lowest BCUT2D eigenvalue weighted by Gasteiger charge is -2.00. The van der Waals surface area contributed by atoms with Gasteiger partial charge in [-0.05, 0) is 25.0 Å². The van der Waals surface area contributed by atoms with Gasteiger partial charge in [0.2, 0.25) is 5.78 Å². The topological polar surface area (TPSA) is 70.4 Å². The molecule has 0 bridgehead atoms.